The number of sulfonamides is 1. The van der Waals surface area contributed by atoms with Crippen LogP contribution in [0, 0.1) is 5.92 Å². The minimum Gasteiger partial charge on any atom is -0.469 e. The van der Waals surface area contributed by atoms with E-state index in [2.05, 4.69) is 9.46 Å². The molecular formula is C11H22N2O4S. The van der Waals surface area contributed by atoms with E-state index >= 15 is 0 Å². The van der Waals surface area contributed by atoms with Gasteiger partial charge in [0.05, 0.1) is 12.9 Å². The second-order valence-corrected chi connectivity index (χ2v) is 6.84. The summed E-state index contributed by atoms with van der Waals surface area (Å²) in [4.78, 5) is 10.9. The van der Waals surface area contributed by atoms with Gasteiger partial charge in [0.1, 0.15) is 0 Å². The van der Waals surface area contributed by atoms with Gasteiger partial charge in [0.25, 0.3) is 0 Å². The van der Waals surface area contributed by atoms with Gasteiger partial charge in [0.15, 0.2) is 0 Å². The summed E-state index contributed by atoms with van der Waals surface area (Å²) in [6.45, 7) is 2.12. The first-order chi connectivity index (χ1) is 8.33. The maximum atomic E-state index is 11.9. The van der Waals surface area contributed by atoms with Crippen molar-refractivity contribution in [1.29, 1.82) is 0 Å². The largest absolute Gasteiger partial charge is 0.469 e. The molecule has 0 aromatic rings. The molecule has 6 nitrogen and oxygen atoms in total. The minimum atomic E-state index is -3.40. The molecule has 1 atom stereocenters. The van der Waals surface area contributed by atoms with E-state index in [4.69, 9.17) is 5.73 Å². The summed E-state index contributed by atoms with van der Waals surface area (Å²) >= 11 is 0. The molecule has 1 unspecified atom stereocenters. The fourth-order valence-corrected chi connectivity index (χ4v) is 3.51. The van der Waals surface area contributed by atoms with Crippen LogP contribution in [0.4, 0.5) is 0 Å². The second kappa shape index (κ2) is 5.99. The Kier molecular flexibility index (Phi) is 5.12. The van der Waals surface area contributed by atoms with Crippen LogP contribution in [0.2, 0.25) is 0 Å². The van der Waals surface area contributed by atoms with Crippen molar-refractivity contribution >= 4 is 16.0 Å². The first kappa shape index (κ1) is 15.4. The number of methoxy groups -OCH3 is 1. The number of carbonyl (C=O) groups is 1. The standard InChI is InChI=1S/C11H22N2O4S/c1-11(8-12,9-5-6-9)13-18(15,16)7-3-4-10(14)17-2/h9,13H,3-8,12H2,1-2H3. The van der Waals surface area contributed by atoms with Gasteiger partial charge < -0.3 is 10.5 Å². The third kappa shape index (κ3) is 4.55. The lowest BCUT2D eigenvalue weighted by molar-refractivity contribution is -0.140. The summed E-state index contributed by atoms with van der Waals surface area (Å²) in [6, 6.07) is 0. The van der Waals surface area contributed by atoms with Crippen molar-refractivity contribution in [2.45, 2.75) is 38.1 Å². The Hall–Kier alpha value is -0.660. The van der Waals surface area contributed by atoms with E-state index in [-0.39, 0.29) is 25.1 Å². The summed E-state index contributed by atoms with van der Waals surface area (Å²) in [7, 11) is -2.11. The van der Waals surface area contributed by atoms with E-state index < -0.39 is 21.5 Å². The predicted molar refractivity (Wildman–Crippen MR) is 68.4 cm³/mol. The smallest absolute Gasteiger partial charge is 0.305 e. The topological polar surface area (TPSA) is 98.5 Å². The van der Waals surface area contributed by atoms with E-state index in [0.717, 1.165) is 12.8 Å². The highest BCUT2D eigenvalue weighted by molar-refractivity contribution is 7.89. The number of nitrogens with two attached hydrogens (primary N) is 1. The lowest BCUT2D eigenvalue weighted by atomic mass is 9.98. The van der Waals surface area contributed by atoms with Crippen LogP contribution in [-0.4, -0.2) is 39.3 Å². The SMILES string of the molecule is COC(=O)CCCS(=O)(=O)NC(C)(CN)C1CC1. The number of carbonyl (C=O) groups excluding carboxylic acids is 1. The zero-order valence-electron chi connectivity index (χ0n) is 10.9. The highest BCUT2D eigenvalue weighted by Gasteiger charge is 2.42. The molecule has 1 saturated carbocycles. The van der Waals surface area contributed by atoms with Crippen LogP contribution in [0.1, 0.15) is 32.6 Å². The van der Waals surface area contributed by atoms with E-state index in [1.807, 2.05) is 6.92 Å². The molecule has 0 aromatic heterocycles. The van der Waals surface area contributed by atoms with Crippen LogP contribution in [0.5, 0.6) is 0 Å². The van der Waals surface area contributed by atoms with E-state index in [0.29, 0.717) is 5.92 Å². The molecule has 1 rings (SSSR count). The number of nitrogens with one attached hydrogen (secondary N) is 1. The summed E-state index contributed by atoms with van der Waals surface area (Å²) in [5.74, 6) is -0.142. The zero-order valence-corrected chi connectivity index (χ0v) is 11.8. The molecule has 1 fully saturated rings. The molecule has 0 heterocycles. The van der Waals surface area contributed by atoms with Crippen LogP contribution in [-0.2, 0) is 19.6 Å². The Balaban J connectivity index is 2.46. The lowest BCUT2D eigenvalue weighted by Crippen LogP contribution is -2.53. The molecule has 0 spiro atoms. The van der Waals surface area contributed by atoms with Crippen LogP contribution in [0.3, 0.4) is 0 Å². The Morgan fingerprint density at radius 1 is 1.50 bits per heavy atom. The molecule has 18 heavy (non-hydrogen) atoms. The fourth-order valence-electron chi connectivity index (χ4n) is 1.93. The molecule has 106 valence electrons. The first-order valence-corrected chi connectivity index (χ1v) is 7.77. The molecule has 1 aliphatic carbocycles. The number of hydrogen-bond acceptors (Lipinski definition) is 5. The Morgan fingerprint density at radius 2 is 2.11 bits per heavy atom. The quantitative estimate of drug-likeness (QED) is 0.608. The minimum absolute atomic E-state index is 0.0790. The van der Waals surface area contributed by atoms with Gasteiger partial charge in [-0.3, -0.25) is 4.79 Å². The summed E-state index contributed by atoms with van der Waals surface area (Å²) < 4.78 is 30.9. The molecule has 1 aliphatic rings. The van der Waals surface area contributed by atoms with E-state index in [9.17, 15) is 13.2 Å². The van der Waals surface area contributed by atoms with Crippen molar-refractivity contribution in [3.8, 4) is 0 Å². The number of hydrogen-bond donors (Lipinski definition) is 2. The molecular weight excluding hydrogens is 256 g/mol. The van der Waals surface area contributed by atoms with Crippen LogP contribution >= 0.6 is 0 Å². The highest BCUT2D eigenvalue weighted by Crippen LogP contribution is 2.39. The maximum absolute atomic E-state index is 11.9. The lowest BCUT2D eigenvalue weighted by Gasteiger charge is -2.29. The van der Waals surface area contributed by atoms with Crippen molar-refractivity contribution in [2.24, 2.45) is 11.7 Å². The van der Waals surface area contributed by atoms with E-state index in [1.165, 1.54) is 7.11 Å². The fraction of sp³-hybridized carbons (Fsp3) is 0.909. The third-order valence-electron chi connectivity index (χ3n) is 3.31. The maximum Gasteiger partial charge on any atom is 0.305 e. The summed E-state index contributed by atoms with van der Waals surface area (Å²) in [6.07, 6.45) is 2.39. The van der Waals surface area contributed by atoms with Gasteiger partial charge in [-0.15, -0.1) is 0 Å². The summed E-state index contributed by atoms with van der Waals surface area (Å²) in [5.41, 5.74) is 5.10. The van der Waals surface area contributed by atoms with Crippen molar-refractivity contribution in [3.63, 3.8) is 0 Å². The molecule has 7 heteroatoms. The number of ether oxygens (including phenoxy) is 1. The van der Waals surface area contributed by atoms with Gasteiger partial charge in [0.2, 0.25) is 10.0 Å². The molecule has 0 aromatic carbocycles. The van der Waals surface area contributed by atoms with E-state index in [1.54, 1.807) is 0 Å². The molecule has 0 radical (unpaired) electrons. The van der Waals surface area contributed by atoms with Gasteiger partial charge in [-0.2, -0.15) is 0 Å². The van der Waals surface area contributed by atoms with Crippen LogP contribution < -0.4 is 10.5 Å². The monoisotopic (exact) mass is 278 g/mol. The van der Waals surface area contributed by atoms with Gasteiger partial charge in [0, 0.05) is 18.5 Å². The molecule has 0 amide bonds. The third-order valence-corrected chi connectivity index (χ3v) is 4.92. The van der Waals surface area contributed by atoms with Crippen LogP contribution in [0.25, 0.3) is 0 Å². The van der Waals surface area contributed by atoms with Gasteiger partial charge in [-0.05, 0) is 32.1 Å². The van der Waals surface area contributed by atoms with Crippen molar-refractivity contribution in [2.75, 3.05) is 19.4 Å². The van der Waals surface area contributed by atoms with Crippen LogP contribution in [0.15, 0.2) is 0 Å². The molecule has 3 N–H and O–H groups in total. The van der Waals surface area contributed by atoms with Gasteiger partial charge >= 0.3 is 5.97 Å². The predicted octanol–water partition coefficient (Wildman–Crippen LogP) is -0.0136. The Bertz CT molecular complexity index is 392. The zero-order chi connectivity index (χ0) is 13.8. The van der Waals surface area contributed by atoms with Crippen molar-refractivity contribution in [1.82, 2.24) is 4.72 Å². The highest BCUT2D eigenvalue weighted by atomic mass is 32.2. The number of esters is 1. The second-order valence-electron chi connectivity index (χ2n) is 5.00. The normalized spacial score (nSPS) is 19.3. The van der Waals surface area contributed by atoms with Gasteiger partial charge in [-0.1, -0.05) is 0 Å². The van der Waals surface area contributed by atoms with Gasteiger partial charge in [-0.25, -0.2) is 13.1 Å². The molecule has 0 saturated heterocycles. The first-order valence-electron chi connectivity index (χ1n) is 6.11. The molecule has 0 aliphatic heterocycles. The Morgan fingerprint density at radius 3 is 2.56 bits per heavy atom. The molecule has 0 bridgehead atoms. The van der Waals surface area contributed by atoms with Crippen molar-refractivity contribution < 1.29 is 17.9 Å². The average molecular weight is 278 g/mol. The summed E-state index contributed by atoms with van der Waals surface area (Å²) in [5, 5.41) is 0. The Labute approximate surface area is 108 Å². The average Bonchev–Trinajstić information content (AvgIpc) is 3.11. The van der Waals surface area contributed by atoms with Crippen molar-refractivity contribution in [3.05, 3.63) is 0 Å². The number of rotatable bonds is 8.